The smallest absolute Gasteiger partial charge is 0.186 e. The number of azo groups is 2. The highest BCUT2D eigenvalue weighted by Gasteiger charge is 2.35. The van der Waals surface area contributed by atoms with Gasteiger partial charge in [0.15, 0.2) is 11.6 Å². The summed E-state index contributed by atoms with van der Waals surface area (Å²) in [7, 11) is 0. The summed E-state index contributed by atoms with van der Waals surface area (Å²) < 4.78 is 0. The molecule has 0 spiro atoms. The summed E-state index contributed by atoms with van der Waals surface area (Å²) in [5.41, 5.74) is 10.9. The molecule has 0 saturated carbocycles. The molecule has 0 aromatic heterocycles. The third kappa shape index (κ3) is 9.99. The molecule has 0 radical (unpaired) electrons. The van der Waals surface area contributed by atoms with Gasteiger partial charge in [-0.3, -0.25) is 9.59 Å². The maximum absolute atomic E-state index is 13.5. The Labute approximate surface area is 357 Å². The Morgan fingerprint density at radius 3 is 0.967 bits per heavy atom. The van der Waals surface area contributed by atoms with Gasteiger partial charge in [0.25, 0.3) is 0 Å². The van der Waals surface area contributed by atoms with Crippen molar-refractivity contribution in [2.45, 2.75) is 83.1 Å². The van der Waals surface area contributed by atoms with Gasteiger partial charge in [0.2, 0.25) is 0 Å². The number of carbonyl (C=O) groups is 2. The average Bonchev–Trinajstić information content (AvgIpc) is 3.18. The predicted octanol–water partition coefficient (Wildman–Crippen LogP) is 15.7. The first-order chi connectivity index (χ1) is 28.1. The molecular weight excluding hydrogens is 737 g/mol. The lowest BCUT2D eigenvalue weighted by Gasteiger charge is -2.31. The fraction of sp³-hybridized carbons (Fsp3) is 0.296. The van der Waals surface area contributed by atoms with Crippen molar-refractivity contribution in [3.8, 4) is 33.4 Å². The number of rotatable bonds is 7. The summed E-state index contributed by atoms with van der Waals surface area (Å²) in [6, 6.07) is 32.9. The van der Waals surface area contributed by atoms with Gasteiger partial charge in [-0.15, -0.1) is 0 Å². The van der Waals surface area contributed by atoms with Crippen LogP contribution in [0, 0.1) is 21.7 Å². The molecule has 0 amide bonds. The number of carbonyl (C=O) groups excluding carboxylic acids is 2. The molecule has 0 aliphatic heterocycles. The van der Waals surface area contributed by atoms with Crippen LogP contribution in [-0.4, -0.2) is 11.6 Å². The van der Waals surface area contributed by atoms with Crippen LogP contribution in [0.4, 0.5) is 11.4 Å². The third-order valence-corrected chi connectivity index (χ3v) is 10.7. The normalized spacial score (nSPS) is 15.6. The van der Waals surface area contributed by atoms with Gasteiger partial charge >= 0.3 is 0 Å². The Bertz CT molecular complexity index is 2310. The van der Waals surface area contributed by atoms with E-state index >= 15 is 0 Å². The number of ketones is 2. The topological polar surface area (TPSA) is 83.6 Å². The molecule has 4 aromatic rings. The van der Waals surface area contributed by atoms with Gasteiger partial charge in [-0.1, -0.05) is 156 Å². The number of hydrogen-bond donors (Lipinski definition) is 0. The minimum absolute atomic E-state index is 0.0901. The van der Waals surface area contributed by atoms with Crippen LogP contribution in [0.15, 0.2) is 188 Å². The van der Waals surface area contributed by atoms with E-state index in [1.54, 1.807) is 12.4 Å². The first-order valence-electron chi connectivity index (χ1n) is 20.7. The molecule has 6 heteroatoms. The SMILES string of the molecule is CC(C)(C)C1=CC(=CN=Nc2ccc(-c3ccc(N=NC=C4C=C(C(C)(C)C)C(=O)C(C(C)(C)C)=C4)c(-c4ccccc4)c3)cc2-c2ccccc2)C=C(C(C)(C)C)C1=O. The number of hydrogen-bond acceptors (Lipinski definition) is 6. The maximum atomic E-state index is 13.5. The summed E-state index contributed by atoms with van der Waals surface area (Å²) in [6.45, 7) is 24.8. The lowest BCUT2D eigenvalue weighted by Crippen LogP contribution is -2.27. The summed E-state index contributed by atoms with van der Waals surface area (Å²) in [5, 5.41) is 18.7. The Morgan fingerprint density at radius 2 is 0.683 bits per heavy atom. The molecule has 0 saturated heterocycles. The van der Waals surface area contributed by atoms with Crippen molar-refractivity contribution < 1.29 is 9.59 Å². The van der Waals surface area contributed by atoms with Crippen LogP contribution in [0.1, 0.15) is 83.1 Å². The van der Waals surface area contributed by atoms with E-state index in [1.807, 2.05) is 72.8 Å². The Hall–Kier alpha value is -6.14. The van der Waals surface area contributed by atoms with E-state index in [0.29, 0.717) is 0 Å². The molecule has 0 atom stereocenters. The van der Waals surface area contributed by atoms with Gasteiger partial charge in [0.05, 0.1) is 23.8 Å². The standard InChI is InChI=1S/C54H58N4O2/c1-51(2,3)43-27-35(28-44(49(43)59)52(4,5)6)33-55-57-47-25-23-39(31-41(47)37-19-15-13-16-20-37)40-24-26-48(42(32-40)38-21-17-14-18-22-38)58-56-34-36-29-45(53(7,8)9)50(60)46(30-36)54(10,11)12/h13-34H,1-12H3. The van der Waals surface area contributed by atoms with Gasteiger partial charge < -0.3 is 0 Å². The monoisotopic (exact) mass is 794 g/mol. The van der Waals surface area contributed by atoms with Crippen molar-refractivity contribution in [3.63, 3.8) is 0 Å². The first-order valence-corrected chi connectivity index (χ1v) is 20.7. The van der Waals surface area contributed by atoms with Gasteiger partial charge in [0, 0.05) is 33.4 Å². The molecule has 6 rings (SSSR count). The largest absolute Gasteiger partial charge is 0.289 e. The lowest BCUT2D eigenvalue weighted by atomic mass is 9.72. The highest BCUT2D eigenvalue weighted by molar-refractivity contribution is 6.12. The summed E-state index contributed by atoms with van der Waals surface area (Å²) in [4.78, 5) is 27.0. The van der Waals surface area contributed by atoms with Crippen LogP contribution in [0.25, 0.3) is 33.4 Å². The zero-order valence-corrected chi connectivity index (χ0v) is 37.3. The molecule has 6 nitrogen and oxygen atoms in total. The van der Waals surface area contributed by atoms with Crippen LogP contribution >= 0.6 is 0 Å². The van der Waals surface area contributed by atoms with Crippen LogP contribution in [0.2, 0.25) is 0 Å². The molecule has 2 aliphatic rings. The summed E-state index contributed by atoms with van der Waals surface area (Å²) in [5.74, 6) is 0.180. The average molecular weight is 795 g/mol. The molecule has 2 aliphatic carbocycles. The van der Waals surface area contributed by atoms with E-state index in [9.17, 15) is 9.59 Å². The van der Waals surface area contributed by atoms with Crippen LogP contribution in [-0.2, 0) is 9.59 Å². The minimum atomic E-state index is -0.312. The molecule has 0 unspecified atom stereocenters. The molecule has 0 N–H and O–H groups in total. The highest BCUT2D eigenvalue weighted by atomic mass is 16.1. The molecule has 4 aromatic carbocycles. The zero-order valence-electron chi connectivity index (χ0n) is 37.3. The number of benzene rings is 4. The van der Waals surface area contributed by atoms with Gasteiger partial charge in [0.1, 0.15) is 0 Å². The van der Waals surface area contributed by atoms with Crippen molar-refractivity contribution in [1.82, 2.24) is 0 Å². The summed E-state index contributed by atoms with van der Waals surface area (Å²) >= 11 is 0. The van der Waals surface area contributed by atoms with E-state index in [4.69, 9.17) is 10.2 Å². The highest BCUT2D eigenvalue weighted by Crippen LogP contribution is 2.42. The van der Waals surface area contributed by atoms with E-state index in [0.717, 1.165) is 78.2 Å². The fourth-order valence-corrected chi connectivity index (χ4v) is 7.30. The minimum Gasteiger partial charge on any atom is -0.289 e. The number of allylic oxidation sites excluding steroid dienone is 10. The Kier molecular flexibility index (Phi) is 12.2. The van der Waals surface area contributed by atoms with Gasteiger partial charge in [-0.05, 0) is 104 Å². The van der Waals surface area contributed by atoms with Crippen LogP contribution < -0.4 is 0 Å². The molecule has 306 valence electrons. The second-order valence-corrected chi connectivity index (χ2v) is 19.8. The second-order valence-electron chi connectivity index (χ2n) is 19.8. The van der Waals surface area contributed by atoms with Crippen molar-refractivity contribution in [1.29, 1.82) is 0 Å². The molecule has 0 heterocycles. The van der Waals surface area contributed by atoms with Crippen molar-refractivity contribution in [3.05, 3.63) is 167 Å². The fourth-order valence-electron chi connectivity index (χ4n) is 7.30. The van der Waals surface area contributed by atoms with Crippen molar-refractivity contribution in [2.75, 3.05) is 0 Å². The molecular formula is C54H58N4O2. The van der Waals surface area contributed by atoms with E-state index in [-0.39, 0.29) is 33.2 Å². The second kappa shape index (κ2) is 16.8. The maximum Gasteiger partial charge on any atom is 0.186 e. The first kappa shape index (κ1) is 43.4. The Morgan fingerprint density at radius 1 is 0.383 bits per heavy atom. The lowest BCUT2D eigenvalue weighted by molar-refractivity contribution is -0.114. The van der Waals surface area contributed by atoms with Crippen LogP contribution in [0.5, 0.6) is 0 Å². The molecule has 60 heavy (non-hydrogen) atoms. The Balaban J connectivity index is 1.39. The van der Waals surface area contributed by atoms with E-state index in [2.05, 4.69) is 142 Å². The van der Waals surface area contributed by atoms with E-state index in [1.165, 1.54) is 0 Å². The van der Waals surface area contributed by atoms with Crippen molar-refractivity contribution in [2.24, 2.45) is 42.1 Å². The summed E-state index contributed by atoms with van der Waals surface area (Å²) in [6.07, 6.45) is 11.3. The quantitative estimate of drug-likeness (QED) is 0.175. The molecule has 0 bridgehead atoms. The van der Waals surface area contributed by atoms with Gasteiger partial charge in [-0.2, -0.15) is 20.5 Å². The predicted molar refractivity (Wildman–Crippen MR) is 248 cm³/mol. The third-order valence-electron chi connectivity index (χ3n) is 10.7. The number of nitrogens with zero attached hydrogens (tertiary/aromatic N) is 4. The zero-order chi connectivity index (χ0) is 43.6. The van der Waals surface area contributed by atoms with E-state index < -0.39 is 0 Å². The molecule has 0 fully saturated rings. The number of Topliss-reactive ketones (excluding diaryl/α,β-unsaturated/α-hetero) is 2. The van der Waals surface area contributed by atoms with Gasteiger partial charge in [-0.25, -0.2) is 0 Å². The van der Waals surface area contributed by atoms with Crippen LogP contribution in [0.3, 0.4) is 0 Å². The van der Waals surface area contributed by atoms with Crippen molar-refractivity contribution >= 4 is 22.9 Å².